The minimum Gasteiger partial charge on any atom is -0.496 e. The molecule has 0 unspecified atom stereocenters. The summed E-state index contributed by atoms with van der Waals surface area (Å²) in [4.78, 5) is 4.40. The number of aromatic nitrogens is 3. The van der Waals surface area contributed by atoms with E-state index in [0.29, 0.717) is 22.3 Å². The molecule has 0 saturated heterocycles. The molecule has 0 aliphatic heterocycles. The van der Waals surface area contributed by atoms with Crippen molar-refractivity contribution in [3.63, 3.8) is 0 Å². The van der Waals surface area contributed by atoms with Crippen LogP contribution in [0.15, 0.2) is 12.1 Å². The van der Waals surface area contributed by atoms with Crippen molar-refractivity contribution in [3.05, 3.63) is 23.0 Å². The first-order valence-electron chi connectivity index (χ1n) is 5.70. The molecule has 0 spiro atoms. The number of benzene rings is 1. The zero-order valence-electron chi connectivity index (χ0n) is 10.3. The van der Waals surface area contributed by atoms with E-state index in [2.05, 4.69) is 22.1 Å². The van der Waals surface area contributed by atoms with Gasteiger partial charge in [-0.3, -0.25) is 5.10 Å². The van der Waals surface area contributed by atoms with Crippen LogP contribution in [-0.2, 0) is 6.42 Å². The third-order valence-corrected chi connectivity index (χ3v) is 2.91. The Hall–Kier alpha value is -1.75. The van der Waals surface area contributed by atoms with E-state index >= 15 is 0 Å². The number of aromatic amines is 1. The lowest BCUT2D eigenvalue weighted by Crippen LogP contribution is -1.94. The van der Waals surface area contributed by atoms with Crippen LogP contribution in [0.2, 0.25) is 5.02 Å². The van der Waals surface area contributed by atoms with Gasteiger partial charge in [0.15, 0.2) is 5.82 Å². The number of halogens is 1. The fraction of sp³-hybridized carbons (Fsp3) is 0.333. The van der Waals surface area contributed by atoms with Gasteiger partial charge in [-0.25, -0.2) is 4.98 Å². The number of nitrogen functional groups attached to an aromatic ring is 1. The van der Waals surface area contributed by atoms with E-state index in [9.17, 15) is 0 Å². The second-order valence-electron chi connectivity index (χ2n) is 3.93. The summed E-state index contributed by atoms with van der Waals surface area (Å²) in [5.74, 6) is 2.03. The van der Waals surface area contributed by atoms with Crippen LogP contribution in [0.25, 0.3) is 11.4 Å². The lowest BCUT2D eigenvalue weighted by atomic mass is 10.1. The Morgan fingerprint density at radius 2 is 2.22 bits per heavy atom. The molecule has 1 aromatic carbocycles. The number of hydrogen-bond donors (Lipinski definition) is 2. The van der Waals surface area contributed by atoms with Crippen LogP contribution in [0.3, 0.4) is 0 Å². The quantitative estimate of drug-likeness (QED) is 0.834. The first-order chi connectivity index (χ1) is 8.65. The predicted molar refractivity (Wildman–Crippen MR) is 71.8 cm³/mol. The summed E-state index contributed by atoms with van der Waals surface area (Å²) in [6.45, 7) is 2.09. The average Bonchev–Trinajstić information content (AvgIpc) is 2.81. The highest BCUT2D eigenvalue weighted by Crippen LogP contribution is 2.34. The molecule has 5 nitrogen and oxygen atoms in total. The van der Waals surface area contributed by atoms with Gasteiger partial charge in [0.05, 0.1) is 23.4 Å². The number of anilines is 1. The Bertz CT molecular complexity index is 553. The normalized spacial score (nSPS) is 10.6. The number of aryl methyl sites for hydroxylation is 1. The first kappa shape index (κ1) is 12.7. The monoisotopic (exact) mass is 266 g/mol. The molecule has 0 fully saturated rings. The summed E-state index contributed by atoms with van der Waals surface area (Å²) in [5, 5.41) is 7.53. The van der Waals surface area contributed by atoms with Crippen LogP contribution in [0, 0.1) is 0 Å². The van der Waals surface area contributed by atoms with Crippen molar-refractivity contribution in [1.82, 2.24) is 15.2 Å². The second kappa shape index (κ2) is 5.27. The van der Waals surface area contributed by atoms with E-state index in [1.807, 2.05) is 0 Å². The topological polar surface area (TPSA) is 76.8 Å². The number of H-pyrrole nitrogens is 1. The van der Waals surface area contributed by atoms with E-state index in [-0.39, 0.29) is 0 Å². The Labute approximate surface area is 110 Å². The molecule has 96 valence electrons. The fourth-order valence-corrected chi connectivity index (χ4v) is 1.84. The summed E-state index contributed by atoms with van der Waals surface area (Å²) in [6.07, 6.45) is 1.87. The Balaban J connectivity index is 2.45. The van der Waals surface area contributed by atoms with Crippen LogP contribution < -0.4 is 10.5 Å². The number of hydrogen-bond acceptors (Lipinski definition) is 4. The van der Waals surface area contributed by atoms with E-state index in [0.717, 1.165) is 24.2 Å². The summed E-state index contributed by atoms with van der Waals surface area (Å²) < 4.78 is 5.27. The Kier molecular flexibility index (Phi) is 3.72. The third-order valence-electron chi connectivity index (χ3n) is 2.58. The fourth-order valence-electron chi connectivity index (χ4n) is 1.68. The summed E-state index contributed by atoms with van der Waals surface area (Å²) >= 11 is 6.01. The smallest absolute Gasteiger partial charge is 0.184 e. The van der Waals surface area contributed by atoms with Crippen LogP contribution in [0.5, 0.6) is 5.75 Å². The molecule has 0 aliphatic carbocycles. The molecule has 0 radical (unpaired) electrons. The molecule has 6 heteroatoms. The van der Waals surface area contributed by atoms with E-state index in [1.165, 1.54) is 0 Å². The van der Waals surface area contributed by atoms with Gasteiger partial charge in [0.25, 0.3) is 0 Å². The van der Waals surface area contributed by atoms with Gasteiger partial charge in [-0.05, 0) is 12.5 Å². The Morgan fingerprint density at radius 3 is 2.89 bits per heavy atom. The van der Waals surface area contributed by atoms with Gasteiger partial charge in [0.2, 0.25) is 0 Å². The number of methoxy groups -OCH3 is 1. The third kappa shape index (κ3) is 2.41. The molecule has 0 aliphatic rings. The highest BCUT2D eigenvalue weighted by molar-refractivity contribution is 6.33. The number of nitrogens with zero attached hydrogens (tertiary/aromatic N) is 2. The summed E-state index contributed by atoms with van der Waals surface area (Å²) in [5.41, 5.74) is 6.94. The largest absolute Gasteiger partial charge is 0.496 e. The molecule has 1 aromatic heterocycles. The number of ether oxygens (including phenoxy) is 1. The van der Waals surface area contributed by atoms with Gasteiger partial charge in [-0.15, -0.1) is 0 Å². The van der Waals surface area contributed by atoms with Gasteiger partial charge >= 0.3 is 0 Å². The molecule has 0 amide bonds. The van der Waals surface area contributed by atoms with Gasteiger partial charge < -0.3 is 10.5 Å². The molecule has 0 bridgehead atoms. The molecular formula is C12H15ClN4O. The molecule has 0 atom stereocenters. The number of nitrogens with two attached hydrogens (primary N) is 1. The zero-order valence-corrected chi connectivity index (χ0v) is 11.1. The molecule has 2 rings (SSSR count). The van der Waals surface area contributed by atoms with Gasteiger partial charge in [0, 0.05) is 12.5 Å². The standard InChI is InChI=1S/C12H15ClN4O/c1-3-4-11-15-12(17-16-11)7-5-8(13)9(14)6-10(7)18-2/h5-6H,3-4,14H2,1-2H3,(H,15,16,17). The SMILES string of the molecule is CCCc1nc(-c2cc(Cl)c(N)cc2OC)n[nH]1. The first-order valence-corrected chi connectivity index (χ1v) is 6.08. The van der Waals surface area contributed by atoms with Crippen LogP contribution >= 0.6 is 11.6 Å². The van der Waals surface area contributed by atoms with Gasteiger partial charge in [0.1, 0.15) is 11.6 Å². The number of nitrogens with one attached hydrogen (secondary N) is 1. The molecule has 1 heterocycles. The number of rotatable bonds is 4. The van der Waals surface area contributed by atoms with Crippen molar-refractivity contribution in [1.29, 1.82) is 0 Å². The van der Waals surface area contributed by atoms with Crippen LogP contribution in [0.4, 0.5) is 5.69 Å². The Morgan fingerprint density at radius 1 is 1.44 bits per heavy atom. The van der Waals surface area contributed by atoms with E-state index < -0.39 is 0 Å². The summed E-state index contributed by atoms with van der Waals surface area (Å²) in [6, 6.07) is 3.39. The van der Waals surface area contributed by atoms with Gasteiger partial charge in [-0.2, -0.15) is 5.10 Å². The average molecular weight is 267 g/mol. The van der Waals surface area contributed by atoms with Crippen LogP contribution in [0.1, 0.15) is 19.2 Å². The van der Waals surface area contributed by atoms with Crippen molar-refractivity contribution in [2.45, 2.75) is 19.8 Å². The lowest BCUT2D eigenvalue weighted by Gasteiger charge is -2.07. The molecule has 3 N–H and O–H groups in total. The van der Waals surface area contributed by atoms with Gasteiger partial charge in [-0.1, -0.05) is 18.5 Å². The van der Waals surface area contributed by atoms with E-state index in [4.69, 9.17) is 22.1 Å². The minimum atomic E-state index is 0.465. The maximum Gasteiger partial charge on any atom is 0.184 e. The second-order valence-corrected chi connectivity index (χ2v) is 4.34. The molecule has 2 aromatic rings. The molecular weight excluding hydrogens is 252 g/mol. The summed E-state index contributed by atoms with van der Waals surface area (Å²) in [7, 11) is 1.58. The van der Waals surface area contributed by atoms with Crippen molar-refractivity contribution in [3.8, 4) is 17.1 Å². The van der Waals surface area contributed by atoms with E-state index in [1.54, 1.807) is 19.2 Å². The predicted octanol–water partition coefficient (Wildman–Crippen LogP) is 2.67. The van der Waals surface area contributed by atoms with Crippen molar-refractivity contribution in [2.75, 3.05) is 12.8 Å². The zero-order chi connectivity index (χ0) is 13.1. The van der Waals surface area contributed by atoms with Crippen molar-refractivity contribution >= 4 is 17.3 Å². The molecule has 0 saturated carbocycles. The maximum absolute atomic E-state index is 6.01. The lowest BCUT2D eigenvalue weighted by molar-refractivity contribution is 0.416. The molecule has 18 heavy (non-hydrogen) atoms. The van der Waals surface area contributed by atoms with Crippen molar-refractivity contribution in [2.24, 2.45) is 0 Å². The highest BCUT2D eigenvalue weighted by atomic mass is 35.5. The van der Waals surface area contributed by atoms with Crippen molar-refractivity contribution < 1.29 is 4.74 Å². The maximum atomic E-state index is 6.01. The van der Waals surface area contributed by atoms with Crippen LogP contribution in [-0.4, -0.2) is 22.3 Å². The minimum absolute atomic E-state index is 0.465. The highest BCUT2D eigenvalue weighted by Gasteiger charge is 2.13.